The summed E-state index contributed by atoms with van der Waals surface area (Å²) < 4.78 is 21.6. The van der Waals surface area contributed by atoms with Crippen molar-refractivity contribution in [3.05, 3.63) is 61.7 Å². The first-order valence-corrected chi connectivity index (χ1v) is 12.1. The second-order valence-corrected chi connectivity index (χ2v) is 9.95. The molecule has 0 fully saturated rings. The van der Waals surface area contributed by atoms with Crippen molar-refractivity contribution in [2.75, 3.05) is 6.61 Å². The smallest absolute Gasteiger partial charge is 0.343 e. The van der Waals surface area contributed by atoms with Crippen molar-refractivity contribution in [2.24, 2.45) is 0 Å². The van der Waals surface area contributed by atoms with E-state index in [0.29, 0.717) is 35.3 Å². The highest BCUT2D eigenvalue weighted by molar-refractivity contribution is 5.94. The lowest BCUT2D eigenvalue weighted by Gasteiger charge is -2.31. The van der Waals surface area contributed by atoms with Gasteiger partial charge in [-0.05, 0) is 54.9 Å². The van der Waals surface area contributed by atoms with Crippen LogP contribution in [0.3, 0.4) is 0 Å². The number of pyridine rings is 2. The number of aryl methyl sites for hydroxylation is 1. The maximum atomic E-state index is 14.9. The standard InChI is InChI=1S/C27H25FN2O6/c1-3-27(35)18-7-21-24-16(9-30(21)25(33)17(18)11-36-26(27)34)22-13(6-14(32)10-31)4-5-15-12(2)19(28)8-20(29-24)23(15)22/h7-8,13,31,35H,3-6,9-11H2,1-2H3/t13-,27+/m1/s1. The second-order valence-electron chi connectivity index (χ2n) is 9.95. The molecule has 1 aromatic carbocycles. The van der Waals surface area contributed by atoms with Gasteiger partial charge in [0.15, 0.2) is 11.4 Å². The number of hydrogen-bond donors (Lipinski definition) is 2. The third-order valence-electron chi connectivity index (χ3n) is 8.15. The molecule has 2 atom stereocenters. The van der Waals surface area contributed by atoms with Gasteiger partial charge in [-0.2, -0.15) is 0 Å². The summed E-state index contributed by atoms with van der Waals surface area (Å²) in [5.74, 6) is -1.66. The van der Waals surface area contributed by atoms with Gasteiger partial charge in [0.2, 0.25) is 0 Å². The summed E-state index contributed by atoms with van der Waals surface area (Å²) in [5.41, 5.74) is 2.51. The van der Waals surface area contributed by atoms with E-state index in [4.69, 9.17) is 9.72 Å². The molecule has 0 bridgehead atoms. The van der Waals surface area contributed by atoms with Crippen LogP contribution in [0.4, 0.5) is 4.39 Å². The Morgan fingerprint density at radius 2 is 2.06 bits per heavy atom. The number of aliphatic hydroxyl groups excluding tert-OH is 1. The lowest BCUT2D eigenvalue weighted by atomic mass is 9.76. The SMILES string of the molecule is CC[C@@]1(O)C(=O)OCc2c1cc1n(c2=O)Cc2c-1nc1cc(F)c(C)c3c1c2[C@@H](CC(=O)CO)CC3. The van der Waals surface area contributed by atoms with Gasteiger partial charge in [-0.15, -0.1) is 0 Å². The third kappa shape index (κ3) is 2.93. The van der Waals surface area contributed by atoms with Gasteiger partial charge in [-0.25, -0.2) is 14.2 Å². The van der Waals surface area contributed by atoms with E-state index in [1.165, 1.54) is 6.07 Å². The zero-order chi connectivity index (χ0) is 25.5. The Hall–Kier alpha value is -3.43. The first-order valence-electron chi connectivity index (χ1n) is 12.1. The third-order valence-corrected chi connectivity index (χ3v) is 8.15. The van der Waals surface area contributed by atoms with Crippen LogP contribution in [-0.4, -0.2) is 38.1 Å². The lowest BCUT2D eigenvalue weighted by molar-refractivity contribution is -0.172. The van der Waals surface area contributed by atoms with Crippen LogP contribution in [-0.2, 0) is 39.5 Å². The molecule has 0 radical (unpaired) electrons. The van der Waals surface area contributed by atoms with Gasteiger partial charge in [0.25, 0.3) is 5.56 Å². The van der Waals surface area contributed by atoms with E-state index in [1.807, 2.05) is 0 Å². The van der Waals surface area contributed by atoms with Crippen LogP contribution in [0.5, 0.6) is 0 Å². The predicted octanol–water partition coefficient (Wildman–Crippen LogP) is 2.51. The van der Waals surface area contributed by atoms with Crippen LogP contribution < -0.4 is 5.56 Å². The maximum absolute atomic E-state index is 14.9. The molecule has 0 unspecified atom stereocenters. The minimum absolute atomic E-state index is 0.0319. The largest absolute Gasteiger partial charge is 0.458 e. The molecule has 0 spiro atoms. The van der Waals surface area contributed by atoms with Crippen LogP contribution in [0.1, 0.15) is 65.5 Å². The number of benzene rings is 1. The van der Waals surface area contributed by atoms with Crippen molar-refractivity contribution in [2.45, 2.75) is 64.2 Å². The van der Waals surface area contributed by atoms with E-state index in [-0.39, 0.29) is 60.2 Å². The summed E-state index contributed by atoms with van der Waals surface area (Å²) in [6, 6.07) is 3.01. The molecule has 2 N–H and O–H groups in total. The molecule has 6 rings (SSSR count). The van der Waals surface area contributed by atoms with Gasteiger partial charge in [-0.1, -0.05) is 6.92 Å². The van der Waals surface area contributed by atoms with Gasteiger partial charge in [0.05, 0.1) is 29.0 Å². The Morgan fingerprint density at radius 1 is 1.28 bits per heavy atom. The number of carbonyl (C=O) groups is 2. The predicted molar refractivity (Wildman–Crippen MR) is 127 cm³/mol. The summed E-state index contributed by atoms with van der Waals surface area (Å²) >= 11 is 0. The van der Waals surface area contributed by atoms with E-state index in [1.54, 1.807) is 24.5 Å². The second kappa shape index (κ2) is 7.78. The Balaban J connectivity index is 1.66. The van der Waals surface area contributed by atoms with E-state index in [9.17, 15) is 29.0 Å². The Bertz CT molecular complexity index is 1580. The zero-order valence-corrected chi connectivity index (χ0v) is 20.0. The normalized spacial score (nSPS) is 21.7. The van der Waals surface area contributed by atoms with Crippen molar-refractivity contribution in [3.8, 4) is 11.4 Å². The van der Waals surface area contributed by atoms with Crippen LogP contribution in [0.25, 0.3) is 22.3 Å². The van der Waals surface area contributed by atoms with Crippen LogP contribution in [0.2, 0.25) is 0 Å². The monoisotopic (exact) mass is 492 g/mol. The summed E-state index contributed by atoms with van der Waals surface area (Å²) in [7, 11) is 0. The topological polar surface area (TPSA) is 119 Å². The first kappa shape index (κ1) is 23.0. The number of ether oxygens (including phenoxy) is 1. The highest BCUT2D eigenvalue weighted by Crippen LogP contribution is 2.47. The molecule has 0 amide bonds. The van der Waals surface area contributed by atoms with Gasteiger partial charge in [0.1, 0.15) is 19.0 Å². The number of Topliss-reactive ketones (excluding diaryl/α,β-unsaturated/α-hetero) is 1. The summed E-state index contributed by atoms with van der Waals surface area (Å²) in [4.78, 5) is 43.0. The number of aromatic nitrogens is 2. The minimum Gasteiger partial charge on any atom is -0.458 e. The summed E-state index contributed by atoms with van der Waals surface area (Å²) in [6.45, 7) is 2.79. The fraction of sp³-hybridized carbons (Fsp3) is 0.407. The Morgan fingerprint density at radius 3 is 2.78 bits per heavy atom. The average Bonchev–Trinajstić information content (AvgIpc) is 3.24. The van der Waals surface area contributed by atoms with Gasteiger partial charge >= 0.3 is 5.97 Å². The number of halogens is 1. The average molecular weight is 493 g/mol. The van der Waals surface area contributed by atoms with Crippen molar-refractivity contribution in [3.63, 3.8) is 0 Å². The van der Waals surface area contributed by atoms with Crippen molar-refractivity contribution >= 4 is 22.7 Å². The number of aliphatic hydroxyl groups is 2. The Kier molecular flexibility index (Phi) is 4.97. The molecule has 2 aliphatic heterocycles. The van der Waals surface area contributed by atoms with E-state index in [0.717, 1.165) is 22.1 Å². The molecule has 2 aromatic heterocycles. The molecule has 9 heteroatoms. The van der Waals surface area contributed by atoms with E-state index >= 15 is 0 Å². The highest BCUT2D eigenvalue weighted by Gasteiger charge is 2.46. The molecular formula is C27H25FN2O6. The van der Waals surface area contributed by atoms with Crippen molar-refractivity contribution < 1.29 is 28.9 Å². The molecule has 1 aliphatic carbocycles. The number of rotatable bonds is 4. The molecule has 4 heterocycles. The minimum atomic E-state index is -1.94. The summed E-state index contributed by atoms with van der Waals surface area (Å²) in [5, 5.41) is 21.3. The zero-order valence-electron chi connectivity index (χ0n) is 20.0. The summed E-state index contributed by atoms with van der Waals surface area (Å²) in [6.07, 6.45) is 1.36. The molecule has 3 aromatic rings. The number of hydrogen-bond acceptors (Lipinski definition) is 7. The molecule has 3 aliphatic rings. The number of esters is 1. The lowest BCUT2D eigenvalue weighted by Crippen LogP contribution is -2.44. The number of cyclic esters (lactones) is 1. The maximum Gasteiger partial charge on any atom is 0.343 e. The highest BCUT2D eigenvalue weighted by atomic mass is 19.1. The van der Waals surface area contributed by atoms with Crippen molar-refractivity contribution in [1.29, 1.82) is 0 Å². The fourth-order valence-electron chi connectivity index (χ4n) is 6.19. The first-order chi connectivity index (χ1) is 17.2. The molecule has 186 valence electrons. The number of nitrogens with zero attached hydrogens (tertiary/aromatic N) is 2. The number of carbonyl (C=O) groups excluding carboxylic acids is 2. The van der Waals surface area contributed by atoms with Crippen LogP contribution in [0.15, 0.2) is 16.9 Å². The fourth-order valence-corrected chi connectivity index (χ4v) is 6.19. The Labute approximate surface area is 205 Å². The quantitative estimate of drug-likeness (QED) is 0.420. The molecule has 0 saturated carbocycles. The van der Waals surface area contributed by atoms with Crippen LogP contribution >= 0.6 is 0 Å². The van der Waals surface area contributed by atoms with E-state index in [2.05, 4.69) is 0 Å². The van der Waals surface area contributed by atoms with Gasteiger partial charge in [0, 0.05) is 29.0 Å². The van der Waals surface area contributed by atoms with Gasteiger partial charge in [-0.3, -0.25) is 9.59 Å². The van der Waals surface area contributed by atoms with Crippen molar-refractivity contribution in [1.82, 2.24) is 9.55 Å². The number of fused-ring (bicyclic) bond motifs is 5. The van der Waals surface area contributed by atoms with Crippen LogP contribution in [0, 0.1) is 12.7 Å². The molecular weight excluding hydrogens is 467 g/mol. The van der Waals surface area contributed by atoms with Gasteiger partial charge < -0.3 is 19.5 Å². The van der Waals surface area contributed by atoms with E-state index < -0.39 is 18.2 Å². The molecule has 8 nitrogen and oxygen atoms in total. The molecule has 0 saturated heterocycles. The number of ketones is 1. The molecule has 36 heavy (non-hydrogen) atoms.